The van der Waals surface area contributed by atoms with Gasteiger partial charge in [0, 0.05) is 13.6 Å². The van der Waals surface area contributed by atoms with E-state index in [0.29, 0.717) is 6.42 Å². The number of carbonyl (C=O) groups excluding carboxylic acids is 2. The number of hydrogen-bond acceptors (Lipinski definition) is 4. The minimum atomic E-state index is -1.05. The molecule has 0 radical (unpaired) electrons. The summed E-state index contributed by atoms with van der Waals surface area (Å²) in [6.07, 6.45) is 1.96. The lowest BCUT2D eigenvalue weighted by atomic mass is 10.1. The van der Waals surface area contributed by atoms with Gasteiger partial charge in [0.2, 0.25) is 0 Å². The third-order valence-electron chi connectivity index (χ3n) is 2.94. The van der Waals surface area contributed by atoms with E-state index in [2.05, 4.69) is 10.1 Å². The second-order valence-corrected chi connectivity index (χ2v) is 4.79. The summed E-state index contributed by atoms with van der Waals surface area (Å²) in [5.74, 6) is -1.93. The summed E-state index contributed by atoms with van der Waals surface area (Å²) in [5, 5.41) is 11.5. The lowest BCUT2D eigenvalue weighted by Crippen LogP contribution is -2.48. The van der Waals surface area contributed by atoms with E-state index in [0.717, 1.165) is 12.8 Å². The Morgan fingerprint density at radius 3 is 2.40 bits per heavy atom. The average Bonchev–Trinajstić information content (AvgIpc) is 2.41. The molecule has 0 bridgehead atoms. The Morgan fingerprint density at radius 2 is 1.95 bits per heavy atom. The molecule has 20 heavy (non-hydrogen) atoms. The highest BCUT2D eigenvalue weighted by atomic mass is 16.5. The van der Waals surface area contributed by atoms with Gasteiger partial charge in [0.1, 0.15) is 6.04 Å². The highest BCUT2D eigenvalue weighted by Crippen LogP contribution is 2.04. The average molecular weight is 288 g/mol. The van der Waals surface area contributed by atoms with Crippen molar-refractivity contribution in [3.8, 4) is 0 Å². The van der Waals surface area contributed by atoms with Crippen LogP contribution in [0.2, 0.25) is 0 Å². The van der Waals surface area contributed by atoms with Crippen LogP contribution in [0.25, 0.3) is 0 Å². The van der Waals surface area contributed by atoms with Crippen LogP contribution >= 0.6 is 0 Å². The second-order valence-electron chi connectivity index (χ2n) is 4.79. The first-order valence-electron chi connectivity index (χ1n) is 6.65. The van der Waals surface area contributed by atoms with Crippen LogP contribution in [0.4, 0.5) is 4.79 Å². The maximum absolute atomic E-state index is 11.9. The molecule has 0 aliphatic rings. The number of nitrogens with zero attached hydrogens (tertiary/aromatic N) is 1. The van der Waals surface area contributed by atoms with Gasteiger partial charge in [-0.05, 0) is 6.42 Å². The number of hydrogen-bond donors (Lipinski definition) is 2. The fourth-order valence-corrected chi connectivity index (χ4v) is 1.69. The number of rotatable bonds is 8. The number of nitrogens with one attached hydrogen (secondary N) is 1. The number of unbranched alkanes of at least 4 members (excludes halogenated alkanes) is 1. The molecule has 0 heterocycles. The van der Waals surface area contributed by atoms with Gasteiger partial charge in [-0.25, -0.2) is 9.59 Å². The Morgan fingerprint density at radius 1 is 1.35 bits per heavy atom. The van der Waals surface area contributed by atoms with E-state index in [1.807, 2.05) is 6.92 Å². The molecule has 0 aromatic carbocycles. The van der Waals surface area contributed by atoms with Crippen LogP contribution in [-0.4, -0.2) is 54.7 Å². The summed E-state index contributed by atoms with van der Waals surface area (Å²) in [6.45, 7) is 3.75. The molecular weight excluding hydrogens is 264 g/mol. The van der Waals surface area contributed by atoms with Crippen molar-refractivity contribution in [2.24, 2.45) is 5.92 Å². The second kappa shape index (κ2) is 9.17. The lowest BCUT2D eigenvalue weighted by Gasteiger charge is -2.23. The Hall–Kier alpha value is -1.79. The SMILES string of the molecule is CCCC[C@H](NC(=O)N(C)CC(C)C(=O)OC)C(=O)O. The molecular formula is C13H24N2O5. The van der Waals surface area contributed by atoms with Crippen LogP contribution in [0.5, 0.6) is 0 Å². The molecule has 116 valence electrons. The first-order chi connectivity index (χ1) is 9.33. The lowest BCUT2D eigenvalue weighted by molar-refractivity contribution is -0.145. The Bertz CT molecular complexity index is 346. The number of carboxylic acid groups (broad SMARTS) is 1. The summed E-state index contributed by atoms with van der Waals surface area (Å²) >= 11 is 0. The third kappa shape index (κ3) is 6.40. The fraction of sp³-hybridized carbons (Fsp3) is 0.769. The number of methoxy groups -OCH3 is 1. The van der Waals surface area contributed by atoms with Crippen LogP contribution in [0.15, 0.2) is 0 Å². The predicted octanol–water partition coefficient (Wildman–Crippen LogP) is 1.08. The number of aliphatic carboxylic acids is 1. The zero-order chi connectivity index (χ0) is 15.7. The number of amides is 2. The van der Waals surface area contributed by atoms with Crippen LogP contribution in [0.3, 0.4) is 0 Å². The van der Waals surface area contributed by atoms with E-state index in [1.165, 1.54) is 19.1 Å². The van der Waals surface area contributed by atoms with Gasteiger partial charge in [0.15, 0.2) is 0 Å². The van der Waals surface area contributed by atoms with Crippen molar-refractivity contribution in [2.45, 2.75) is 39.2 Å². The van der Waals surface area contributed by atoms with E-state index in [-0.39, 0.29) is 6.54 Å². The molecule has 0 aliphatic carbocycles. The van der Waals surface area contributed by atoms with E-state index in [1.54, 1.807) is 6.92 Å². The number of esters is 1. The molecule has 0 aromatic heterocycles. The summed E-state index contributed by atoms with van der Waals surface area (Å²) in [6, 6.07) is -1.41. The van der Waals surface area contributed by atoms with E-state index in [9.17, 15) is 14.4 Å². The Kier molecular flexibility index (Phi) is 8.35. The van der Waals surface area contributed by atoms with Gasteiger partial charge in [0.05, 0.1) is 13.0 Å². The van der Waals surface area contributed by atoms with Gasteiger partial charge in [0.25, 0.3) is 0 Å². The highest BCUT2D eigenvalue weighted by molar-refractivity contribution is 5.82. The number of ether oxygens (including phenoxy) is 1. The molecule has 2 N–H and O–H groups in total. The van der Waals surface area contributed by atoms with Gasteiger partial charge in [-0.15, -0.1) is 0 Å². The van der Waals surface area contributed by atoms with E-state index in [4.69, 9.17) is 5.11 Å². The smallest absolute Gasteiger partial charge is 0.326 e. The van der Waals surface area contributed by atoms with Crippen molar-refractivity contribution in [1.82, 2.24) is 10.2 Å². The molecule has 2 amide bonds. The van der Waals surface area contributed by atoms with Gasteiger partial charge in [-0.2, -0.15) is 0 Å². The van der Waals surface area contributed by atoms with E-state index < -0.39 is 29.9 Å². The number of carbonyl (C=O) groups is 3. The first-order valence-corrected chi connectivity index (χ1v) is 6.65. The zero-order valence-corrected chi connectivity index (χ0v) is 12.5. The summed E-state index contributed by atoms with van der Waals surface area (Å²) in [5.41, 5.74) is 0. The first kappa shape index (κ1) is 18.2. The highest BCUT2D eigenvalue weighted by Gasteiger charge is 2.23. The van der Waals surface area contributed by atoms with Crippen molar-refractivity contribution in [2.75, 3.05) is 20.7 Å². The molecule has 0 fully saturated rings. The fourth-order valence-electron chi connectivity index (χ4n) is 1.69. The minimum Gasteiger partial charge on any atom is -0.480 e. The monoisotopic (exact) mass is 288 g/mol. The van der Waals surface area contributed by atoms with Crippen LogP contribution in [-0.2, 0) is 14.3 Å². The van der Waals surface area contributed by atoms with Crippen molar-refractivity contribution in [3.63, 3.8) is 0 Å². The summed E-state index contributed by atoms with van der Waals surface area (Å²) < 4.78 is 4.57. The minimum absolute atomic E-state index is 0.165. The topological polar surface area (TPSA) is 95.9 Å². The maximum Gasteiger partial charge on any atom is 0.326 e. The molecule has 0 aliphatic heterocycles. The van der Waals surface area contributed by atoms with Gasteiger partial charge in [-0.1, -0.05) is 26.7 Å². The molecule has 0 saturated carbocycles. The molecule has 0 aromatic rings. The quantitative estimate of drug-likeness (QED) is 0.652. The molecule has 0 rings (SSSR count). The number of carboxylic acids is 1. The maximum atomic E-state index is 11.9. The van der Waals surface area contributed by atoms with Crippen molar-refractivity contribution >= 4 is 18.0 Å². The normalized spacial score (nSPS) is 13.2. The van der Waals surface area contributed by atoms with Gasteiger partial charge >= 0.3 is 18.0 Å². The van der Waals surface area contributed by atoms with Gasteiger partial charge < -0.3 is 20.1 Å². The Balaban J connectivity index is 4.41. The molecule has 1 unspecified atom stereocenters. The largest absolute Gasteiger partial charge is 0.480 e. The predicted molar refractivity (Wildman–Crippen MR) is 73.3 cm³/mol. The molecule has 7 heteroatoms. The van der Waals surface area contributed by atoms with Crippen LogP contribution < -0.4 is 5.32 Å². The van der Waals surface area contributed by atoms with Crippen LogP contribution in [0, 0.1) is 5.92 Å². The van der Waals surface area contributed by atoms with E-state index >= 15 is 0 Å². The third-order valence-corrected chi connectivity index (χ3v) is 2.94. The molecule has 2 atom stereocenters. The summed E-state index contributed by atoms with van der Waals surface area (Å²) in [4.78, 5) is 35.4. The molecule has 7 nitrogen and oxygen atoms in total. The van der Waals surface area contributed by atoms with Gasteiger partial charge in [-0.3, -0.25) is 4.79 Å². The van der Waals surface area contributed by atoms with Crippen molar-refractivity contribution < 1.29 is 24.2 Å². The van der Waals surface area contributed by atoms with Crippen LogP contribution in [0.1, 0.15) is 33.1 Å². The molecule has 0 spiro atoms. The van der Waals surface area contributed by atoms with Crippen molar-refractivity contribution in [3.05, 3.63) is 0 Å². The number of urea groups is 1. The molecule has 0 saturated heterocycles. The van der Waals surface area contributed by atoms with Crippen molar-refractivity contribution in [1.29, 1.82) is 0 Å². The standard InChI is InChI=1S/C13H24N2O5/c1-5-6-7-10(11(16)17)14-13(19)15(3)8-9(2)12(18)20-4/h9-10H,5-8H2,1-4H3,(H,14,19)(H,16,17)/t9?,10-/m0/s1. The zero-order valence-electron chi connectivity index (χ0n) is 12.5. The summed E-state index contributed by atoms with van der Waals surface area (Å²) in [7, 11) is 2.79. The Labute approximate surface area is 119 Å².